The predicted octanol–water partition coefficient (Wildman–Crippen LogP) is 1.81. The van der Waals surface area contributed by atoms with Gasteiger partial charge in [-0.05, 0) is 12.8 Å². The minimum absolute atomic E-state index is 0.524. The zero-order valence-electron chi connectivity index (χ0n) is 5.32. The van der Waals surface area contributed by atoms with E-state index in [4.69, 9.17) is 0 Å². The Bertz CT molecular complexity index is 81.1. The molecular weight excluding hydrogens is 232 g/mol. The summed E-state index contributed by atoms with van der Waals surface area (Å²) in [5.41, 5.74) is 0. The molecule has 0 unspecified atom stereocenters. The Morgan fingerprint density at radius 2 is 2.00 bits per heavy atom. The Morgan fingerprint density at radius 3 is 2.44 bits per heavy atom. The van der Waals surface area contributed by atoms with Crippen LogP contribution in [0, 0.1) is 0 Å². The molecule has 0 N–H and O–H groups in total. The third-order valence-corrected chi connectivity index (χ3v) is 2.65. The summed E-state index contributed by atoms with van der Waals surface area (Å²) in [5.74, 6) is 0. The molecule has 0 radical (unpaired) electrons. The number of hydrogen-bond acceptors (Lipinski definition) is 1. The van der Waals surface area contributed by atoms with Gasteiger partial charge in [0.05, 0.1) is 4.55 Å². The molecule has 1 nitrogen and oxygen atoms in total. The van der Waals surface area contributed by atoms with Crippen molar-refractivity contribution in [1.82, 2.24) is 4.90 Å². The van der Waals surface area contributed by atoms with E-state index >= 15 is 0 Å². The average Bonchev–Trinajstić information content (AvgIpc) is 1.90. The van der Waals surface area contributed by atoms with E-state index in [1.807, 2.05) is 0 Å². The van der Waals surface area contributed by atoms with Gasteiger partial charge in [0.25, 0.3) is 0 Å². The van der Waals surface area contributed by atoms with Crippen molar-refractivity contribution in [2.45, 2.75) is 19.0 Å². The maximum Gasteiger partial charge on any atom is 0.103 e. The highest BCUT2D eigenvalue weighted by Gasteiger charge is 2.16. The molecule has 0 aromatic rings. The van der Waals surface area contributed by atoms with Gasteiger partial charge >= 0.3 is 0 Å². The van der Waals surface area contributed by atoms with Gasteiger partial charge in [0.1, 0.15) is 6.17 Å². The number of nitrogens with zero attached hydrogens (tertiary/aromatic N) is 1. The van der Waals surface area contributed by atoms with Gasteiger partial charge in [0, 0.05) is 13.1 Å². The van der Waals surface area contributed by atoms with Crippen molar-refractivity contribution < 1.29 is 4.39 Å². The van der Waals surface area contributed by atoms with Crippen LogP contribution in [-0.2, 0) is 0 Å². The first-order chi connectivity index (χ1) is 4.33. The van der Waals surface area contributed by atoms with Crippen molar-refractivity contribution in [3.63, 3.8) is 0 Å². The number of likely N-dealkylation sites (tertiary alicyclic amines) is 1. The third kappa shape index (κ3) is 2.37. The van der Waals surface area contributed by atoms with Crippen LogP contribution in [0.3, 0.4) is 0 Å². The van der Waals surface area contributed by atoms with Gasteiger partial charge in [-0.25, -0.2) is 4.39 Å². The summed E-state index contributed by atoms with van der Waals surface area (Å²) >= 11 is 2.32. The van der Waals surface area contributed by atoms with Crippen molar-refractivity contribution in [3.8, 4) is 0 Å². The minimum atomic E-state index is -0.524. The van der Waals surface area contributed by atoms with Crippen molar-refractivity contribution >= 4 is 22.6 Å². The first kappa shape index (κ1) is 7.72. The second-order valence-corrected chi connectivity index (χ2v) is 3.09. The molecule has 0 spiro atoms. The summed E-state index contributed by atoms with van der Waals surface area (Å²) in [6.45, 7) is 1.90. The topological polar surface area (TPSA) is 3.24 Å². The lowest BCUT2D eigenvalue weighted by molar-refractivity contribution is 0.172. The van der Waals surface area contributed by atoms with E-state index in [0.717, 1.165) is 30.5 Å². The van der Waals surface area contributed by atoms with Gasteiger partial charge in [-0.2, -0.15) is 0 Å². The summed E-state index contributed by atoms with van der Waals surface area (Å²) in [4.78, 5) is 2.27. The molecule has 0 aromatic heterocycles. The van der Waals surface area contributed by atoms with Crippen LogP contribution in [0.15, 0.2) is 0 Å². The van der Waals surface area contributed by atoms with Crippen LogP contribution in [0.1, 0.15) is 12.8 Å². The highest BCUT2D eigenvalue weighted by Crippen LogP contribution is 2.13. The standard InChI is InChI=1S/C6H11FIN/c7-6-1-3-9(5-8)4-2-6/h6H,1-5H2. The molecule has 9 heavy (non-hydrogen) atoms. The lowest BCUT2D eigenvalue weighted by Gasteiger charge is -2.26. The van der Waals surface area contributed by atoms with E-state index in [-0.39, 0.29) is 0 Å². The lowest BCUT2D eigenvalue weighted by Crippen LogP contribution is -2.33. The Kier molecular flexibility index (Phi) is 3.18. The van der Waals surface area contributed by atoms with Crippen LogP contribution in [0.5, 0.6) is 0 Å². The number of piperidine rings is 1. The highest BCUT2D eigenvalue weighted by atomic mass is 127. The molecule has 0 amide bonds. The molecule has 1 aliphatic heterocycles. The fraction of sp³-hybridized carbons (Fsp3) is 1.00. The van der Waals surface area contributed by atoms with E-state index < -0.39 is 6.17 Å². The van der Waals surface area contributed by atoms with Crippen LogP contribution in [0.4, 0.5) is 4.39 Å². The Labute approximate surface area is 68.7 Å². The van der Waals surface area contributed by atoms with Gasteiger partial charge < -0.3 is 0 Å². The van der Waals surface area contributed by atoms with E-state index in [0.29, 0.717) is 0 Å². The van der Waals surface area contributed by atoms with Crippen LogP contribution in [0.2, 0.25) is 0 Å². The van der Waals surface area contributed by atoms with E-state index in [9.17, 15) is 4.39 Å². The maximum atomic E-state index is 12.5. The molecule has 0 atom stereocenters. The van der Waals surface area contributed by atoms with Crippen molar-refractivity contribution in [3.05, 3.63) is 0 Å². The van der Waals surface area contributed by atoms with Gasteiger partial charge in [-0.15, -0.1) is 0 Å². The molecule has 0 aromatic carbocycles. The Balaban J connectivity index is 2.18. The predicted molar refractivity (Wildman–Crippen MR) is 44.6 cm³/mol. The number of halogens is 2. The molecule has 1 fully saturated rings. The summed E-state index contributed by atoms with van der Waals surface area (Å²) < 4.78 is 13.5. The van der Waals surface area contributed by atoms with Crippen LogP contribution >= 0.6 is 22.6 Å². The molecule has 3 heteroatoms. The molecule has 1 saturated heterocycles. The SMILES string of the molecule is FC1CCN(CI)CC1. The maximum absolute atomic E-state index is 12.5. The first-order valence-corrected chi connectivity index (χ1v) is 4.78. The molecule has 1 aliphatic rings. The fourth-order valence-electron chi connectivity index (χ4n) is 1.02. The van der Waals surface area contributed by atoms with Crippen LogP contribution in [0.25, 0.3) is 0 Å². The minimum Gasteiger partial charge on any atom is -0.294 e. The van der Waals surface area contributed by atoms with Gasteiger partial charge in [-0.1, -0.05) is 22.6 Å². The molecule has 0 aliphatic carbocycles. The quantitative estimate of drug-likeness (QED) is 0.385. The van der Waals surface area contributed by atoms with E-state index in [1.165, 1.54) is 0 Å². The van der Waals surface area contributed by atoms with E-state index in [2.05, 4.69) is 27.5 Å². The normalized spacial score (nSPS) is 24.7. The highest BCUT2D eigenvalue weighted by molar-refractivity contribution is 14.1. The van der Waals surface area contributed by atoms with Crippen LogP contribution in [-0.4, -0.2) is 28.7 Å². The van der Waals surface area contributed by atoms with Gasteiger partial charge in [0.15, 0.2) is 0 Å². The summed E-state index contributed by atoms with van der Waals surface area (Å²) in [7, 11) is 0. The second-order valence-electron chi connectivity index (χ2n) is 2.41. The molecule has 54 valence electrons. The largest absolute Gasteiger partial charge is 0.294 e. The fourth-order valence-corrected chi connectivity index (χ4v) is 1.70. The van der Waals surface area contributed by atoms with Gasteiger partial charge in [-0.3, -0.25) is 4.90 Å². The molecule has 1 heterocycles. The molecular formula is C6H11FIN. The summed E-state index contributed by atoms with van der Waals surface area (Å²) in [5, 5.41) is 0. The third-order valence-electron chi connectivity index (χ3n) is 1.69. The van der Waals surface area contributed by atoms with Crippen LogP contribution < -0.4 is 0 Å². The zero-order valence-corrected chi connectivity index (χ0v) is 7.47. The average molecular weight is 243 g/mol. The summed E-state index contributed by atoms with van der Waals surface area (Å²) in [6, 6.07) is 0. The number of alkyl halides is 2. The molecule has 0 saturated carbocycles. The Hall–Kier alpha value is 0.620. The number of rotatable bonds is 1. The van der Waals surface area contributed by atoms with E-state index in [1.54, 1.807) is 0 Å². The van der Waals surface area contributed by atoms with Crippen molar-refractivity contribution in [2.75, 3.05) is 17.6 Å². The monoisotopic (exact) mass is 243 g/mol. The lowest BCUT2D eigenvalue weighted by atomic mass is 10.1. The van der Waals surface area contributed by atoms with Gasteiger partial charge in [0.2, 0.25) is 0 Å². The second kappa shape index (κ2) is 3.71. The molecule has 1 rings (SSSR count). The first-order valence-electron chi connectivity index (χ1n) is 3.25. The van der Waals surface area contributed by atoms with Crippen molar-refractivity contribution in [2.24, 2.45) is 0 Å². The smallest absolute Gasteiger partial charge is 0.103 e. The Morgan fingerprint density at radius 1 is 1.44 bits per heavy atom. The zero-order chi connectivity index (χ0) is 6.69. The van der Waals surface area contributed by atoms with Crippen molar-refractivity contribution in [1.29, 1.82) is 0 Å². The number of hydrogen-bond donors (Lipinski definition) is 0. The molecule has 0 bridgehead atoms. The summed E-state index contributed by atoms with van der Waals surface area (Å²) in [6.07, 6.45) is 0.954.